The first-order valence-electron chi connectivity index (χ1n) is 7.13. The van der Waals surface area contributed by atoms with Gasteiger partial charge in [-0.15, -0.1) is 12.4 Å². The van der Waals surface area contributed by atoms with E-state index in [2.05, 4.69) is 22.9 Å². The van der Waals surface area contributed by atoms with Gasteiger partial charge >= 0.3 is 0 Å². The van der Waals surface area contributed by atoms with Gasteiger partial charge in [0.05, 0.1) is 5.41 Å². The van der Waals surface area contributed by atoms with Crippen LogP contribution in [0.15, 0.2) is 28.7 Å². The normalized spacial score (nSPS) is 22.0. The molecule has 2 rings (SSSR count). The smallest absolute Gasteiger partial charge is 0.232 e. The van der Waals surface area contributed by atoms with E-state index in [4.69, 9.17) is 5.73 Å². The Morgan fingerprint density at radius 3 is 2.67 bits per heavy atom. The minimum atomic E-state index is -0.512. The predicted octanol–water partition coefficient (Wildman–Crippen LogP) is 3.34. The number of amides is 1. The highest BCUT2D eigenvalue weighted by atomic mass is 79.9. The van der Waals surface area contributed by atoms with Crippen LogP contribution in [-0.2, 0) is 10.2 Å². The maximum atomic E-state index is 12.9. The molecule has 0 aliphatic carbocycles. The average molecular weight is 376 g/mol. The van der Waals surface area contributed by atoms with E-state index in [0.29, 0.717) is 12.5 Å². The Balaban J connectivity index is 0.00000220. The van der Waals surface area contributed by atoms with Crippen LogP contribution >= 0.6 is 28.3 Å². The van der Waals surface area contributed by atoms with Crippen LogP contribution in [0.3, 0.4) is 0 Å². The average Bonchev–Trinajstić information content (AvgIpc) is 2.79. The van der Waals surface area contributed by atoms with Crippen LogP contribution in [0.25, 0.3) is 0 Å². The van der Waals surface area contributed by atoms with E-state index in [1.165, 1.54) is 0 Å². The highest BCUT2D eigenvalue weighted by Gasteiger charge is 2.39. The van der Waals surface area contributed by atoms with Crippen LogP contribution < -0.4 is 5.73 Å². The van der Waals surface area contributed by atoms with Gasteiger partial charge in [-0.25, -0.2) is 0 Å². The van der Waals surface area contributed by atoms with Crippen LogP contribution in [0.1, 0.15) is 32.8 Å². The van der Waals surface area contributed by atoms with Crippen LogP contribution in [0, 0.1) is 5.92 Å². The molecule has 0 saturated carbocycles. The summed E-state index contributed by atoms with van der Waals surface area (Å²) >= 11 is 3.48. The van der Waals surface area contributed by atoms with Crippen molar-refractivity contribution in [3.63, 3.8) is 0 Å². The molecular formula is C16H24BrClN2O. The summed E-state index contributed by atoms with van der Waals surface area (Å²) in [4.78, 5) is 14.9. The Bertz CT molecular complexity index is 507. The number of halogens is 2. The number of likely N-dealkylation sites (tertiary alicyclic amines) is 1. The Labute approximate surface area is 141 Å². The molecule has 0 bridgehead atoms. The maximum Gasteiger partial charge on any atom is 0.232 e. The minimum Gasteiger partial charge on any atom is -0.339 e. The Kier molecular flexibility index (Phi) is 6.26. The van der Waals surface area contributed by atoms with Crippen molar-refractivity contribution in [3.05, 3.63) is 34.3 Å². The molecule has 3 nitrogen and oxygen atoms in total. The molecular weight excluding hydrogens is 352 g/mol. The van der Waals surface area contributed by atoms with Gasteiger partial charge in [-0.05, 0) is 57.4 Å². The second kappa shape index (κ2) is 7.12. The molecule has 1 heterocycles. The molecule has 0 radical (unpaired) electrons. The summed E-state index contributed by atoms with van der Waals surface area (Å²) in [6.07, 6.45) is 1.01. The summed E-state index contributed by atoms with van der Waals surface area (Å²) in [5.41, 5.74) is 6.28. The monoisotopic (exact) mass is 374 g/mol. The number of rotatable bonds is 3. The Morgan fingerprint density at radius 2 is 2.14 bits per heavy atom. The van der Waals surface area contributed by atoms with E-state index in [1.54, 1.807) is 0 Å². The van der Waals surface area contributed by atoms with Gasteiger partial charge in [0, 0.05) is 17.1 Å². The van der Waals surface area contributed by atoms with Crippen molar-refractivity contribution < 1.29 is 4.79 Å². The van der Waals surface area contributed by atoms with Crippen molar-refractivity contribution in [2.75, 3.05) is 13.1 Å². The first-order valence-corrected chi connectivity index (χ1v) is 7.92. The van der Waals surface area contributed by atoms with Crippen molar-refractivity contribution in [2.45, 2.75) is 38.6 Å². The standard InChI is InChI=1S/C16H23BrN2O.ClH/c1-11-7-12(9-18)10-19(11)15(20)16(2,3)13-5-4-6-14(17)8-13;/h4-6,8,11-12H,7,9-10,18H2,1-3H3;1H. The van der Waals surface area contributed by atoms with E-state index in [9.17, 15) is 4.79 Å². The maximum absolute atomic E-state index is 12.9. The van der Waals surface area contributed by atoms with Crippen LogP contribution in [0.2, 0.25) is 0 Å². The molecule has 1 aliphatic heterocycles. The van der Waals surface area contributed by atoms with Gasteiger partial charge in [0.1, 0.15) is 0 Å². The quantitative estimate of drug-likeness (QED) is 0.880. The Morgan fingerprint density at radius 1 is 1.48 bits per heavy atom. The third-order valence-electron chi connectivity index (χ3n) is 4.34. The fourth-order valence-corrected chi connectivity index (χ4v) is 3.36. The molecule has 2 unspecified atom stereocenters. The zero-order chi connectivity index (χ0) is 14.9. The molecule has 2 atom stereocenters. The van der Waals surface area contributed by atoms with Gasteiger partial charge in [0.25, 0.3) is 0 Å². The predicted molar refractivity (Wildman–Crippen MR) is 92.8 cm³/mol. The lowest BCUT2D eigenvalue weighted by Crippen LogP contribution is -2.45. The highest BCUT2D eigenvalue weighted by molar-refractivity contribution is 9.10. The van der Waals surface area contributed by atoms with Crippen molar-refractivity contribution >= 4 is 34.2 Å². The minimum absolute atomic E-state index is 0. The van der Waals surface area contributed by atoms with Gasteiger partial charge < -0.3 is 10.6 Å². The van der Waals surface area contributed by atoms with Crippen LogP contribution in [0.5, 0.6) is 0 Å². The Hall–Kier alpha value is -0.580. The highest BCUT2D eigenvalue weighted by Crippen LogP contribution is 2.32. The van der Waals surface area contributed by atoms with Crippen LogP contribution in [-0.4, -0.2) is 29.9 Å². The van der Waals surface area contributed by atoms with E-state index in [-0.39, 0.29) is 24.4 Å². The molecule has 21 heavy (non-hydrogen) atoms. The summed E-state index contributed by atoms with van der Waals surface area (Å²) < 4.78 is 1.00. The topological polar surface area (TPSA) is 46.3 Å². The zero-order valence-electron chi connectivity index (χ0n) is 12.8. The van der Waals surface area contributed by atoms with Crippen molar-refractivity contribution in [1.29, 1.82) is 0 Å². The van der Waals surface area contributed by atoms with Gasteiger partial charge in [-0.1, -0.05) is 28.1 Å². The molecule has 1 aromatic rings. The van der Waals surface area contributed by atoms with Gasteiger partial charge in [0.15, 0.2) is 0 Å². The number of nitrogens with two attached hydrogens (primary N) is 1. The third-order valence-corrected chi connectivity index (χ3v) is 4.83. The third kappa shape index (κ3) is 3.79. The van der Waals surface area contributed by atoms with Crippen molar-refractivity contribution in [1.82, 2.24) is 4.90 Å². The molecule has 1 saturated heterocycles. The number of nitrogens with zero attached hydrogens (tertiary/aromatic N) is 1. The molecule has 118 valence electrons. The molecule has 0 aromatic heterocycles. The lowest BCUT2D eigenvalue weighted by atomic mass is 9.83. The van der Waals surface area contributed by atoms with E-state index in [1.807, 2.05) is 43.0 Å². The van der Waals surface area contributed by atoms with E-state index < -0.39 is 5.41 Å². The molecule has 1 amide bonds. The number of carbonyl (C=O) groups is 1. The molecule has 1 aliphatic rings. The number of hydrogen-bond donors (Lipinski definition) is 1. The molecule has 0 spiro atoms. The summed E-state index contributed by atoms with van der Waals surface area (Å²) in [6, 6.07) is 8.28. The summed E-state index contributed by atoms with van der Waals surface area (Å²) in [6.45, 7) is 7.56. The fraction of sp³-hybridized carbons (Fsp3) is 0.562. The fourth-order valence-electron chi connectivity index (χ4n) is 2.96. The largest absolute Gasteiger partial charge is 0.339 e. The summed E-state index contributed by atoms with van der Waals surface area (Å²) in [5.74, 6) is 0.631. The van der Waals surface area contributed by atoms with Gasteiger partial charge in [-0.3, -0.25) is 4.79 Å². The first kappa shape index (κ1) is 18.5. The van der Waals surface area contributed by atoms with Crippen LogP contribution in [0.4, 0.5) is 0 Å². The second-order valence-electron chi connectivity index (χ2n) is 6.28. The van der Waals surface area contributed by atoms with Gasteiger partial charge in [0.2, 0.25) is 5.91 Å². The SMILES string of the molecule is CC1CC(CN)CN1C(=O)C(C)(C)c1cccc(Br)c1.Cl. The summed E-state index contributed by atoms with van der Waals surface area (Å²) in [5, 5.41) is 0. The lowest BCUT2D eigenvalue weighted by molar-refractivity contribution is -0.136. The summed E-state index contributed by atoms with van der Waals surface area (Å²) in [7, 11) is 0. The zero-order valence-corrected chi connectivity index (χ0v) is 15.2. The van der Waals surface area contributed by atoms with Crippen molar-refractivity contribution in [2.24, 2.45) is 11.7 Å². The lowest BCUT2D eigenvalue weighted by Gasteiger charge is -2.32. The second-order valence-corrected chi connectivity index (χ2v) is 7.19. The molecule has 1 fully saturated rings. The molecule has 2 N–H and O–H groups in total. The molecule has 1 aromatic carbocycles. The number of benzene rings is 1. The first-order chi connectivity index (χ1) is 9.36. The van der Waals surface area contributed by atoms with E-state index in [0.717, 1.165) is 23.0 Å². The van der Waals surface area contributed by atoms with Gasteiger partial charge in [-0.2, -0.15) is 0 Å². The van der Waals surface area contributed by atoms with E-state index >= 15 is 0 Å². The number of carbonyl (C=O) groups excluding carboxylic acids is 1. The van der Waals surface area contributed by atoms with Crippen molar-refractivity contribution in [3.8, 4) is 0 Å². The number of hydrogen-bond acceptors (Lipinski definition) is 2. The molecule has 5 heteroatoms.